The molecular weight excluding hydrogens is 539 g/mol. The number of nitrogens with one attached hydrogen (secondary N) is 1. The Hall–Kier alpha value is -1.93. The number of aliphatic hydroxyl groups excluding tert-OH is 1. The number of aromatic nitrogens is 3. The van der Waals surface area contributed by atoms with Crippen molar-refractivity contribution in [3.63, 3.8) is 0 Å². The van der Waals surface area contributed by atoms with Crippen LogP contribution in [-0.2, 0) is 31.6 Å². The average molecular weight is 559 g/mol. The zero-order valence-corrected chi connectivity index (χ0v) is 20.1. The SMILES string of the molecule is C#CC1(N)[C@@H](O)[C@@H]([C@@H](C)OP(=O)(O)OP(=O)(O)OP(=O)(O)O)O[C@H]1n1ccc2c(=O)[nH]c(N)nc21. The topological polar surface area (TPSA) is 292 Å². The number of ether oxygens (including phenoxy) is 1. The Morgan fingerprint density at radius 1 is 1.29 bits per heavy atom. The minimum Gasteiger partial charge on any atom is -0.387 e. The molecule has 1 aliphatic heterocycles. The van der Waals surface area contributed by atoms with Crippen LogP contribution < -0.4 is 17.0 Å². The van der Waals surface area contributed by atoms with Crippen molar-refractivity contribution in [1.29, 1.82) is 0 Å². The van der Waals surface area contributed by atoms with E-state index in [0.717, 1.165) is 6.92 Å². The second kappa shape index (κ2) is 9.18. The first kappa shape index (κ1) is 27.7. The molecule has 10 N–H and O–H groups in total. The lowest BCUT2D eigenvalue weighted by atomic mass is 9.90. The number of terminal acetylenes is 1. The van der Waals surface area contributed by atoms with Crippen LogP contribution in [0.15, 0.2) is 17.1 Å². The van der Waals surface area contributed by atoms with Crippen LogP contribution in [0.2, 0.25) is 0 Å². The number of hydrogen-bond donors (Lipinski definition) is 8. The summed E-state index contributed by atoms with van der Waals surface area (Å²) in [5.74, 6) is 1.91. The van der Waals surface area contributed by atoms with Crippen LogP contribution >= 0.6 is 23.5 Å². The number of nitrogen functional groups attached to an aromatic ring is 1. The molecule has 7 atom stereocenters. The van der Waals surface area contributed by atoms with Gasteiger partial charge in [0.1, 0.15) is 12.2 Å². The van der Waals surface area contributed by atoms with Crippen LogP contribution in [0.4, 0.5) is 5.95 Å². The lowest BCUT2D eigenvalue weighted by molar-refractivity contribution is -0.0732. The van der Waals surface area contributed by atoms with E-state index in [1.165, 1.54) is 16.8 Å². The Morgan fingerprint density at radius 2 is 1.91 bits per heavy atom. The molecule has 0 amide bonds. The third-order valence-corrected chi connectivity index (χ3v) is 8.70. The molecule has 0 aromatic carbocycles. The summed E-state index contributed by atoms with van der Waals surface area (Å²) in [5.41, 5.74) is 9.12. The third kappa shape index (κ3) is 5.74. The number of rotatable bonds is 8. The van der Waals surface area contributed by atoms with E-state index in [0.29, 0.717) is 0 Å². The van der Waals surface area contributed by atoms with Gasteiger partial charge in [0.15, 0.2) is 17.4 Å². The predicted octanol–water partition coefficient (Wildman–Crippen LogP) is -1.37. The summed E-state index contributed by atoms with van der Waals surface area (Å²) in [5, 5.41) is 10.8. The number of aliphatic hydroxyl groups is 1. The lowest BCUT2D eigenvalue weighted by Gasteiger charge is -2.28. The fourth-order valence-corrected chi connectivity index (χ4v) is 6.59. The van der Waals surface area contributed by atoms with Crippen molar-refractivity contribution in [3.05, 3.63) is 22.6 Å². The van der Waals surface area contributed by atoms with Crippen LogP contribution in [0.25, 0.3) is 11.0 Å². The van der Waals surface area contributed by atoms with Crippen LogP contribution in [0.5, 0.6) is 0 Å². The maximum atomic E-state index is 12.1. The average Bonchev–Trinajstić information content (AvgIpc) is 3.18. The van der Waals surface area contributed by atoms with Crippen molar-refractivity contribution in [1.82, 2.24) is 14.5 Å². The molecular formula is C14H20N5O13P3. The summed E-state index contributed by atoms with van der Waals surface area (Å²) in [6.45, 7) is 1.07. The second-order valence-corrected chi connectivity index (χ2v) is 11.7. The molecule has 21 heteroatoms. The smallest absolute Gasteiger partial charge is 0.387 e. The zero-order chi connectivity index (χ0) is 26.6. The highest BCUT2D eigenvalue weighted by atomic mass is 31.3. The van der Waals surface area contributed by atoms with Gasteiger partial charge in [-0.3, -0.25) is 14.3 Å². The molecule has 0 aliphatic carbocycles. The van der Waals surface area contributed by atoms with Crippen LogP contribution in [-0.4, -0.2) is 63.1 Å². The van der Waals surface area contributed by atoms with E-state index in [1.807, 2.05) is 0 Å². The van der Waals surface area contributed by atoms with Gasteiger partial charge >= 0.3 is 23.5 Å². The van der Waals surface area contributed by atoms with E-state index < -0.39 is 59.1 Å². The maximum absolute atomic E-state index is 12.1. The number of aromatic amines is 1. The minimum absolute atomic E-state index is 0.0188. The van der Waals surface area contributed by atoms with Crippen LogP contribution in [0, 0.1) is 12.3 Å². The molecule has 3 heterocycles. The maximum Gasteiger partial charge on any atom is 0.490 e. The molecule has 0 bridgehead atoms. The van der Waals surface area contributed by atoms with Gasteiger partial charge in [0, 0.05) is 6.20 Å². The third-order valence-electron chi connectivity index (χ3n) is 4.78. The Bertz CT molecular complexity index is 1380. The summed E-state index contributed by atoms with van der Waals surface area (Å²) in [4.78, 5) is 54.6. The Morgan fingerprint density at radius 3 is 2.49 bits per heavy atom. The summed E-state index contributed by atoms with van der Waals surface area (Å²) < 4.78 is 53.3. The molecule has 3 rings (SSSR count). The first-order valence-corrected chi connectivity index (χ1v) is 13.7. The molecule has 1 aliphatic rings. The summed E-state index contributed by atoms with van der Waals surface area (Å²) >= 11 is 0. The van der Waals surface area contributed by atoms with E-state index in [-0.39, 0.29) is 17.0 Å². The molecule has 2 aromatic rings. The number of nitrogens with zero attached hydrogens (tertiary/aromatic N) is 2. The molecule has 1 saturated heterocycles. The monoisotopic (exact) mass is 559 g/mol. The second-order valence-electron chi connectivity index (χ2n) is 7.29. The van der Waals surface area contributed by atoms with Crippen molar-refractivity contribution < 1.29 is 56.3 Å². The van der Waals surface area contributed by atoms with Crippen molar-refractivity contribution in [2.24, 2.45) is 5.73 Å². The van der Waals surface area contributed by atoms with Gasteiger partial charge in [-0.25, -0.2) is 13.7 Å². The lowest BCUT2D eigenvalue weighted by Crippen LogP contribution is -2.54. The first-order valence-electron chi connectivity index (χ1n) is 9.18. The van der Waals surface area contributed by atoms with Gasteiger partial charge in [-0.2, -0.15) is 13.6 Å². The highest BCUT2D eigenvalue weighted by molar-refractivity contribution is 7.66. The summed E-state index contributed by atoms with van der Waals surface area (Å²) in [6.07, 6.45) is 0.397. The molecule has 3 unspecified atom stereocenters. The Labute approximate surface area is 195 Å². The molecule has 0 spiro atoms. The van der Waals surface area contributed by atoms with E-state index in [4.69, 9.17) is 32.4 Å². The largest absolute Gasteiger partial charge is 0.490 e. The van der Waals surface area contributed by atoms with E-state index in [9.17, 15) is 33.4 Å². The number of fused-ring (bicyclic) bond motifs is 1. The van der Waals surface area contributed by atoms with Gasteiger partial charge in [0.05, 0.1) is 11.5 Å². The standard InChI is InChI=1S/C14H20N5O13P3/c1-3-14(16)9(20)8(6(2)30-34(25,26)32-35(27,28)31-33(22,23)24)29-12(14)19-5-4-7-10(19)17-13(15)18-11(7)21/h1,4-6,8-9,12,20H,16H2,2H3,(H,25,26)(H,27,28)(H2,22,23,24)(H3,15,17,18,21)/t6-,8-,9+,12-,14?/m1/s1. The molecule has 18 nitrogen and oxygen atoms in total. The van der Waals surface area contributed by atoms with Crippen molar-refractivity contribution in [2.75, 3.05) is 5.73 Å². The zero-order valence-electron chi connectivity index (χ0n) is 17.4. The van der Waals surface area contributed by atoms with Crippen molar-refractivity contribution in [3.8, 4) is 12.3 Å². The van der Waals surface area contributed by atoms with Gasteiger partial charge < -0.3 is 45.5 Å². The minimum atomic E-state index is -5.78. The molecule has 0 radical (unpaired) electrons. The van der Waals surface area contributed by atoms with Gasteiger partial charge in [0.2, 0.25) is 5.95 Å². The Balaban J connectivity index is 1.89. The molecule has 1 fully saturated rings. The normalized spacial score (nSPS) is 29.4. The molecule has 194 valence electrons. The Kier molecular flexibility index (Phi) is 7.25. The van der Waals surface area contributed by atoms with E-state index >= 15 is 0 Å². The fourth-order valence-electron chi connectivity index (χ4n) is 3.39. The van der Waals surface area contributed by atoms with Gasteiger partial charge in [-0.15, -0.1) is 6.42 Å². The molecule has 35 heavy (non-hydrogen) atoms. The van der Waals surface area contributed by atoms with Crippen LogP contribution in [0.3, 0.4) is 0 Å². The van der Waals surface area contributed by atoms with E-state index in [1.54, 1.807) is 0 Å². The highest BCUT2D eigenvalue weighted by Crippen LogP contribution is 2.66. The molecule has 2 aromatic heterocycles. The van der Waals surface area contributed by atoms with Gasteiger partial charge in [-0.05, 0) is 13.0 Å². The highest BCUT2D eigenvalue weighted by Gasteiger charge is 2.57. The predicted molar refractivity (Wildman–Crippen MR) is 115 cm³/mol. The fraction of sp³-hybridized carbons (Fsp3) is 0.429. The number of nitrogens with two attached hydrogens (primary N) is 2. The van der Waals surface area contributed by atoms with Crippen molar-refractivity contribution in [2.45, 2.75) is 37.0 Å². The number of hydrogen-bond acceptors (Lipinski definition) is 12. The van der Waals surface area contributed by atoms with Crippen LogP contribution in [0.1, 0.15) is 13.2 Å². The quantitative estimate of drug-likeness (QED) is 0.137. The van der Waals surface area contributed by atoms with E-state index in [2.05, 4.69) is 29.0 Å². The number of phosphoric ester groups is 1. The van der Waals surface area contributed by atoms with Gasteiger partial charge in [0.25, 0.3) is 5.56 Å². The summed E-state index contributed by atoms with van der Waals surface area (Å²) in [6, 6.07) is 1.34. The number of anilines is 1. The van der Waals surface area contributed by atoms with Crippen molar-refractivity contribution >= 4 is 40.4 Å². The first-order chi connectivity index (χ1) is 15.9. The molecule has 0 saturated carbocycles. The number of phosphoric acid groups is 3. The van der Waals surface area contributed by atoms with Gasteiger partial charge in [-0.1, -0.05) is 5.92 Å². The number of H-pyrrole nitrogens is 1. The summed E-state index contributed by atoms with van der Waals surface area (Å²) in [7, 11) is -16.9.